The summed E-state index contributed by atoms with van der Waals surface area (Å²) in [4.78, 5) is 69.4. The van der Waals surface area contributed by atoms with Gasteiger partial charge in [0.05, 0.1) is 11.0 Å². The summed E-state index contributed by atoms with van der Waals surface area (Å²) in [6.07, 6.45) is 8.91. The number of hydrogen-bond donors (Lipinski definition) is 5. The van der Waals surface area contributed by atoms with Gasteiger partial charge in [0, 0.05) is 13.1 Å². The molecule has 15 nitrogen and oxygen atoms in total. The van der Waals surface area contributed by atoms with Gasteiger partial charge in [0.15, 0.2) is 5.69 Å². The van der Waals surface area contributed by atoms with Crippen LogP contribution >= 0.6 is 0 Å². The summed E-state index contributed by atoms with van der Waals surface area (Å²) in [7, 11) is 0. The molecule has 0 unspecified atom stereocenters. The number of ether oxygens (including phenoxy) is 1. The first kappa shape index (κ1) is 42.9. The molecule has 53 heavy (non-hydrogen) atoms. The second kappa shape index (κ2) is 21.3. The number of carbonyl (C=O) groups excluding carboxylic acids is 5. The van der Waals surface area contributed by atoms with Crippen LogP contribution in [0.1, 0.15) is 127 Å². The Bertz CT molecular complexity index is 1510. The third-order valence-electron chi connectivity index (χ3n) is 9.68. The highest BCUT2D eigenvalue weighted by Crippen LogP contribution is 2.31. The molecule has 3 rings (SSSR count). The molecule has 2 heterocycles. The van der Waals surface area contributed by atoms with Crippen LogP contribution in [0.5, 0.6) is 5.75 Å². The SMILES string of the molecule is CCCCCCCCC[C@@H](OC(=O)[C@@H](CCCCN(O)C=O)NC(=O)c1nc(-c2ccccc2O)oc1C)C(C)(C)C(=O)N[C@@H]1CCCCN(O)C1=O. The quantitative estimate of drug-likeness (QED) is 0.0337. The smallest absolute Gasteiger partial charge is 0.328 e. The molecular weight excluding hydrogens is 686 g/mol. The zero-order chi connectivity index (χ0) is 39.0. The molecule has 3 atom stereocenters. The van der Waals surface area contributed by atoms with Crippen LogP contribution in [0.2, 0.25) is 0 Å². The van der Waals surface area contributed by atoms with Crippen molar-refractivity contribution in [3.8, 4) is 17.2 Å². The zero-order valence-corrected chi connectivity index (χ0v) is 31.5. The van der Waals surface area contributed by atoms with Gasteiger partial charge in [0.2, 0.25) is 18.2 Å². The largest absolute Gasteiger partial charge is 0.507 e. The number of rotatable bonds is 22. The molecule has 4 amide bonds. The highest BCUT2D eigenvalue weighted by molar-refractivity contribution is 5.96. The lowest BCUT2D eigenvalue weighted by atomic mass is 9.82. The molecule has 1 aliphatic rings. The van der Waals surface area contributed by atoms with Crippen molar-refractivity contribution in [3.05, 3.63) is 35.7 Å². The van der Waals surface area contributed by atoms with Crippen LogP contribution in [0.15, 0.2) is 28.7 Å². The Morgan fingerprint density at radius 1 is 1.08 bits per heavy atom. The first-order valence-electron chi connectivity index (χ1n) is 18.8. The van der Waals surface area contributed by atoms with Gasteiger partial charge in [-0.2, -0.15) is 0 Å². The van der Waals surface area contributed by atoms with Gasteiger partial charge in [0.25, 0.3) is 11.8 Å². The number of carbonyl (C=O) groups is 5. The van der Waals surface area contributed by atoms with Crippen LogP contribution < -0.4 is 10.6 Å². The van der Waals surface area contributed by atoms with Gasteiger partial charge in [-0.1, -0.05) is 57.6 Å². The number of aromatic nitrogens is 1. The molecule has 1 aromatic carbocycles. The van der Waals surface area contributed by atoms with E-state index in [1.54, 1.807) is 32.0 Å². The Kier molecular flexibility index (Phi) is 17.2. The number of benzene rings is 1. The first-order chi connectivity index (χ1) is 25.3. The maximum Gasteiger partial charge on any atom is 0.328 e. The van der Waals surface area contributed by atoms with E-state index < -0.39 is 47.3 Å². The van der Waals surface area contributed by atoms with E-state index in [-0.39, 0.29) is 54.6 Å². The monoisotopic (exact) mass is 743 g/mol. The van der Waals surface area contributed by atoms with Gasteiger partial charge < -0.3 is 24.9 Å². The van der Waals surface area contributed by atoms with Crippen molar-refractivity contribution in [1.29, 1.82) is 0 Å². The molecule has 0 saturated carbocycles. The molecule has 0 spiro atoms. The summed E-state index contributed by atoms with van der Waals surface area (Å²) < 4.78 is 11.8. The number of hydroxylamine groups is 4. The molecule has 294 valence electrons. The van der Waals surface area contributed by atoms with E-state index in [9.17, 15) is 39.5 Å². The Morgan fingerprint density at radius 2 is 1.75 bits per heavy atom. The number of hydrogen-bond acceptors (Lipinski definition) is 11. The number of aromatic hydroxyl groups is 1. The number of oxazole rings is 1. The van der Waals surface area contributed by atoms with Crippen LogP contribution in [0.25, 0.3) is 11.5 Å². The second-order valence-electron chi connectivity index (χ2n) is 14.3. The Balaban J connectivity index is 1.83. The van der Waals surface area contributed by atoms with Crippen LogP contribution in [0.4, 0.5) is 0 Å². The molecule has 1 aliphatic heterocycles. The Labute approximate surface area is 311 Å². The summed E-state index contributed by atoms with van der Waals surface area (Å²) in [6, 6.07) is 4.22. The fraction of sp³-hybridized carbons (Fsp3) is 0.632. The molecule has 0 radical (unpaired) electrons. The maximum absolute atomic E-state index is 14.0. The summed E-state index contributed by atoms with van der Waals surface area (Å²) in [5.74, 6) is -2.56. The van der Waals surface area contributed by atoms with Crippen LogP contribution in [-0.4, -0.2) is 92.0 Å². The molecule has 0 bridgehead atoms. The highest BCUT2D eigenvalue weighted by atomic mass is 16.5. The Morgan fingerprint density at radius 3 is 2.45 bits per heavy atom. The topological polar surface area (TPSA) is 212 Å². The number of nitrogens with one attached hydrogen (secondary N) is 2. The molecule has 5 N–H and O–H groups in total. The Hall–Kier alpha value is -4.50. The summed E-state index contributed by atoms with van der Waals surface area (Å²) in [5, 5.41) is 36.5. The number of para-hydroxylation sites is 1. The van der Waals surface area contributed by atoms with E-state index in [1.165, 1.54) is 13.0 Å². The minimum atomic E-state index is -1.31. The third-order valence-corrected chi connectivity index (χ3v) is 9.68. The molecule has 1 fully saturated rings. The minimum Gasteiger partial charge on any atom is -0.507 e. The van der Waals surface area contributed by atoms with E-state index in [0.29, 0.717) is 55.1 Å². The van der Waals surface area contributed by atoms with Gasteiger partial charge in [-0.05, 0) is 84.3 Å². The molecule has 0 aliphatic carbocycles. The van der Waals surface area contributed by atoms with E-state index in [1.807, 2.05) is 0 Å². The summed E-state index contributed by atoms with van der Waals surface area (Å²) >= 11 is 0. The lowest BCUT2D eigenvalue weighted by Gasteiger charge is -2.35. The normalized spacial score (nSPS) is 16.0. The lowest BCUT2D eigenvalue weighted by Crippen LogP contribution is -2.54. The molecule has 1 aromatic heterocycles. The summed E-state index contributed by atoms with van der Waals surface area (Å²) in [5.41, 5.74) is -1.13. The van der Waals surface area contributed by atoms with E-state index >= 15 is 0 Å². The average Bonchev–Trinajstić information content (AvgIpc) is 3.45. The number of aryl methyl sites for hydroxylation is 1. The fourth-order valence-electron chi connectivity index (χ4n) is 6.25. The summed E-state index contributed by atoms with van der Waals surface area (Å²) in [6.45, 7) is 7.14. The van der Waals surface area contributed by atoms with Crippen molar-refractivity contribution in [3.63, 3.8) is 0 Å². The highest BCUT2D eigenvalue weighted by Gasteiger charge is 2.42. The van der Waals surface area contributed by atoms with Crippen LogP contribution in [0, 0.1) is 12.3 Å². The zero-order valence-electron chi connectivity index (χ0n) is 31.5. The van der Waals surface area contributed by atoms with Crippen molar-refractivity contribution in [1.82, 2.24) is 25.7 Å². The molecule has 15 heteroatoms. The van der Waals surface area contributed by atoms with Gasteiger partial charge in [-0.25, -0.2) is 19.9 Å². The van der Waals surface area contributed by atoms with Crippen molar-refractivity contribution in [2.45, 2.75) is 136 Å². The predicted molar refractivity (Wildman–Crippen MR) is 194 cm³/mol. The van der Waals surface area contributed by atoms with Gasteiger partial charge in [0.1, 0.15) is 29.7 Å². The standard InChI is InChI=1S/C38H57N5O10/c1-5-6-7-8-9-10-11-22-31(38(3,4)37(49)40-28-19-15-17-24-43(51)35(28)47)53-36(48)29(20-14-16-23-42(50)25-44)39-33(46)32-26(2)52-34(41-32)27-18-12-13-21-30(27)45/h12-13,18,21,25,28-29,31,45,50-51H,5-11,14-17,19-20,22-24H2,1-4H3,(H,39,46)(H,40,49)/t28-,29-,31-/m1/s1. The van der Waals surface area contributed by atoms with E-state index in [0.717, 1.165) is 38.5 Å². The van der Waals surface area contributed by atoms with Crippen molar-refractivity contribution in [2.75, 3.05) is 13.1 Å². The number of unbranched alkanes of at least 4 members (excludes halogenated alkanes) is 7. The van der Waals surface area contributed by atoms with E-state index in [2.05, 4.69) is 22.5 Å². The number of esters is 1. The first-order valence-corrected chi connectivity index (χ1v) is 18.8. The number of phenolic OH excluding ortho intramolecular Hbond substituents is 1. The fourth-order valence-corrected chi connectivity index (χ4v) is 6.25. The predicted octanol–water partition coefficient (Wildman–Crippen LogP) is 5.44. The van der Waals surface area contributed by atoms with Gasteiger partial charge >= 0.3 is 5.97 Å². The minimum absolute atomic E-state index is 0.00474. The molecular formula is C38H57N5O10. The lowest BCUT2D eigenvalue weighted by molar-refractivity contribution is -0.169. The maximum atomic E-state index is 14.0. The van der Waals surface area contributed by atoms with Gasteiger partial charge in [-0.15, -0.1) is 0 Å². The second-order valence-corrected chi connectivity index (χ2v) is 14.3. The number of nitrogens with zero attached hydrogens (tertiary/aromatic N) is 3. The van der Waals surface area contributed by atoms with Crippen molar-refractivity contribution in [2.24, 2.45) is 5.41 Å². The number of phenols is 1. The van der Waals surface area contributed by atoms with Crippen molar-refractivity contribution >= 4 is 30.1 Å². The molecule has 2 aromatic rings. The van der Waals surface area contributed by atoms with Crippen LogP contribution in [-0.2, 0) is 23.9 Å². The third kappa shape index (κ3) is 12.8. The average molecular weight is 744 g/mol. The van der Waals surface area contributed by atoms with E-state index in [4.69, 9.17) is 9.15 Å². The van der Waals surface area contributed by atoms with Gasteiger partial charge in [-0.3, -0.25) is 29.6 Å². The number of amides is 4. The van der Waals surface area contributed by atoms with Crippen molar-refractivity contribution < 1.29 is 48.6 Å². The van der Waals surface area contributed by atoms with Crippen LogP contribution in [0.3, 0.4) is 0 Å². The molecule has 1 saturated heterocycles.